The number of unbranched alkanes of at least 4 members (excludes halogenated alkanes) is 1. The first-order valence-corrected chi connectivity index (χ1v) is 7.90. The summed E-state index contributed by atoms with van der Waals surface area (Å²) in [6.45, 7) is 4.32. The molecular weight excluding hydrogens is 276 g/mol. The zero-order valence-electron chi connectivity index (χ0n) is 12.5. The second kappa shape index (κ2) is 5.86. The maximum Gasteiger partial charge on any atom is 0.182 e. The Balaban J connectivity index is 2.04. The lowest BCUT2D eigenvalue weighted by Gasteiger charge is -2.06. The Kier molecular flexibility index (Phi) is 3.93. The standard InChI is InChI=1S/C18H20N2S/c1-3-4-5-14-7-9-15(10-8-14)20-17-11-6-13(2)12-16(17)19-18(20)21/h6-12H,3-5H2,1-2H3,(H,19,21). The lowest BCUT2D eigenvalue weighted by atomic mass is 10.1. The molecular formula is C18H20N2S. The van der Waals surface area contributed by atoms with Crippen LogP contribution in [0.15, 0.2) is 42.5 Å². The predicted molar refractivity (Wildman–Crippen MR) is 91.8 cm³/mol. The van der Waals surface area contributed by atoms with Crippen LogP contribution in [0.25, 0.3) is 16.7 Å². The van der Waals surface area contributed by atoms with E-state index >= 15 is 0 Å². The second-order valence-electron chi connectivity index (χ2n) is 5.56. The highest BCUT2D eigenvalue weighted by Crippen LogP contribution is 2.21. The van der Waals surface area contributed by atoms with E-state index in [4.69, 9.17) is 12.2 Å². The molecule has 0 radical (unpaired) electrons. The van der Waals surface area contributed by atoms with Crippen LogP contribution in [0.2, 0.25) is 0 Å². The van der Waals surface area contributed by atoms with Crippen LogP contribution in [0.1, 0.15) is 30.9 Å². The van der Waals surface area contributed by atoms with E-state index in [1.807, 2.05) is 0 Å². The Hall–Kier alpha value is -1.87. The minimum atomic E-state index is 0.747. The Morgan fingerprint density at radius 2 is 1.86 bits per heavy atom. The van der Waals surface area contributed by atoms with Gasteiger partial charge in [0.2, 0.25) is 0 Å². The quantitative estimate of drug-likeness (QED) is 0.645. The van der Waals surface area contributed by atoms with Crippen molar-refractivity contribution in [2.24, 2.45) is 0 Å². The number of H-pyrrole nitrogens is 1. The number of rotatable bonds is 4. The third-order valence-electron chi connectivity index (χ3n) is 3.85. The summed E-state index contributed by atoms with van der Waals surface area (Å²) in [6, 6.07) is 15.1. The number of benzene rings is 2. The fourth-order valence-electron chi connectivity index (χ4n) is 2.67. The predicted octanol–water partition coefficient (Wildman–Crippen LogP) is 5.34. The second-order valence-corrected chi connectivity index (χ2v) is 5.94. The number of hydrogen-bond donors (Lipinski definition) is 1. The van der Waals surface area contributed by atoms with E-state index in [2.05, 4.69) is 65.9 Å². The first kappa shape index (κ1) is 14.1. The monoisotopic (exact) mass is 296 g/mol. The topological polar surface area (TPSA) is 20.7 Å². The minimum absolute atomic E-state index is 0.747. The molecule has 0 amide bonds. The Bertz CT molecular complexity index is 809. The number of aromatic amines is 1. The molecule has 3 rings (SSSR count). The summed E-state index contributed by atoms with van der Waals surface area (Å²) in [5.41, 5.74) is 5.97. The summed E-state index contributed by atoms with van der Waals surface area (Å²) in [6.07, 6.45) is 3.62. The molecule has 0 aliphatic rings. The number of aromatic nitrogens is 2. The van der Waals surface area contributed by atoms with Gasteiger partial charge in [-0.2, -0.15) is 0 Å². The minimum Gasteiger partial charge on any atom is -0.330 e. The van der Waals surface area contributed by atoms with E-state index in [-0.39, 0.29) is 0 Å². The zero-order valence-corrected chi connectivity index (χ0v) is 13.3. The van der Waals surface area contributed by atoms with Crippen LogP contribution in [0.5, 0.6) is 0 Å². The van der Waals surface area contributed by atoms with Crippen LogP contribution in [0.3, 0.4) is 0 Å². The van der Waals surface area contributed by atoms with Crippen molar-refractivity contribution < 1.29 is 0 Å². The van der Waals surface area contributed by atoms with Crippen molar-refractivity contribution in [3.8, 4) is 5.69 Å². The smallest absolute Gasteiger partial charge is 0.182 e. The number of nitrogens with zero attached hydrogens (tertiary/aromatic N) is 1. The van der Waals surface area contributed by atoms with Gasteiger partial charge < -0.3 is 4.98 Å². The third kappa shape index (κ3) is 2.79. The van der Waals surface area contributed by atoms with Gasteiger partial charge in [-0.25, -0.2) is 0 Å². The average molecular weight is 296 g/mol. The molecule has 108 valence electrons. The van der Waals surface area contributed by atoms with Crippen molar-refractivity contribution in [1.29, 1.82) is 0 Å². The summed E-state index contributed by atoms with van der Waals surface area (Å²) in [7, 11) is 0. The highest BCUT2D eigenvalue weighted by molar-refractivity contribution is 7.71. The molecule has 2 nitrogen and oxygen atoms in total. The molecule has 0 saturated carbocycles. The Labute approximate surface area is 130 Å². The van der Waals surface area contributed by atoms with Gasteiger partial charge in [-0.3, -0.25) is 4.57 Å². The molecule has 0 spiro atoms. The largest absolute Gasteiger partial charge is 0.330 e. The van der Waals surface area contributed by atoms with Crippen molar-refractivity contribution in [2.45, 2.75) is 33.1 Å². The fourth-order valence-corrected chi connectivity index (χ4v) is 2.99. The zero-order chi connectivity index (χ0) is 14.8. The van der Waals surface area contributed by atoms with E-state index < -0.39 is 0 Å². The number of imidazole rings is 1. The maximum absolute atomic E-state index is 5.49. The van der Waals surface area contributed by atoms with Crippen molar-refractivity contribution in [1.82, 2.24) is 9.55 Å². The molecule has 21 heavy (non-hydrogen) atoms. The van der Waals surface area contributed by atoms with Gasteiger partial charge >= 0.3 is 0 Å². The van der Waals surface area contributed by atoms with Crippen LogP contribution in [0.4, 0.5) is 0 Å². The van der Waals surface area contributed by atoms with E-state index in [0.29, 0.717) is 0 Å². The van der Waals surface area contributed by atoms with E-state index in [0.717, 1.165) is 27.9 Å². The summed E-state index contributed by atoms with van der Waals surface area (Å²) < 4.78 is 2.85. The van der Waals surface area contributed by atoms with Gasteiger partial charge in [0.15, 0.2) is 4.77 Å². The van der Waals surface area contributed by atoms with Crippen LogP contribution in [-0.2, 0) is 6.42 Å². The first-order chi connectivity index (χ1) is 10.2. The molecule has 0 aliphatic heterocycles. The fraction of sp³-hybridized carbons (Fsp3) is 0.278. The normalized spacial score (nSPS) is 11.1. The molecule has 0 saturated heterocycles. The summed E-state index contributed by atoms with van der Waals surface area (Å²) in [5, 5.41) is 0. The average Bonchev–Trinajstić information content (AvgIpc) is 2.80. The summed E-state index contributed by atoms with van der Waals surface area (Å²) in [4.78, 5) is 3.29. The summed E-state index contributed by atoms with van der Waals surface area (Å²) >= 11 is 5.49. The van der Waals surface area contributed by atoms with Gasteiger partial charge in [-0.05, 0) is 67.4 Å². The lowest BCUT2D eigenvalue weighted by molar-refractivity contribution is 0.795. The number of aryl methyl sites for hydroxylation is 2. The first-order valence-electron chi connectivity index (χ1n) is 7.50. The molecule has 0 bridgehead atoms. The van der Waals surface area contributed by atoms with Gasteiger partial charge in [-0.1, -0.05) is 31.5 Å². The molecule has 3 heteroatoms. The molecule has 0 unspecified atom stereocenters. The van der Waals surface area contributed by atoms with Crippen molar-refractivity contribution >= 4 is 23.3 Å². The molecule has 0 fully saturated rings. The van der Waals surface area contributed by atoms with Gasteiger partial charge in [-0.15, -0.1) is 0 Å². The molecule has 2 aromatic carbocycles. The van der Waals surface area contributed by atoms with Gasteiger partial charge in [0.25, 0.3) is 0 Å². The number of nitrogens with one attached hydrogen (secondary N) is 1. The molecule has 1 aromatic heterocycles. The molecule has 3 aromatic rings. The van der Waals surface area contributed by atoms with Crippen LogP contribution >= 0.6 is 12.2 Å². The van der Waals surface area contributed by atoms with Crippen LogP contribution < -0.4 is 0 Å². The number of hydrogen-bond acceptors (Lipinski definition) is 1. The van der Waals surface area contributed by atoms with Crippen LogP contribution in [0, 0.1) is 11.7 Å². The van der Waals surface area contributed by atoms with Gasteiger partial charge in [0.1, 0.15) is 0 Å². The Morgan fingerprint density at radius 1 is 1.10 bits per heavy atom. The summed E-state index contributed by atoms with van der Waals surface area (Å²) in [5.74, 6) is 0. The van der Waals surface area contributed by atoms with Crippen molar-refractivity contribution in [3.05, 3.63) is 58.4 Å². The maximum atomic E-state index is 5.49. The van der Waals surface area contributed by atoms with E-state index in [1.165, 1.54) is 24.0 Å². The van der Waals surface area contributed by atoms with Crippen molar-refractivity contribution in [3.63, 3.8) is 0 Å². The van der Waals surface area contributed by atoms with Gasteiger partial charge in [0, 0.05) is 5.69 Å². The molecule has 1 heterocycles. The lowest BCUT2D eigenvalue weighted by Crippen LogP contribution is -1.94. The molecule has 1 N–H and O–H groups in total. The van der Waals surface area contributed by atoms with Gasteiger partial charge in [0.05, 0.1) is 11.0 Å². The highest BCUT2D eigenvalue weighted by Gasteiger charge is 2.06. The molecule has 0 aliphatic carbocycles. The van der Waals surface area contributed by atoms with Crippen molar-refractivity contribution in [2.75, 3.05) is 0 Å². The SMILES string of the molecule is CCCCc1ccc(-n2c(=S)[nH]c3cc(C)ccc32)cc1. The van der Waals surface area contributed by atoms with E-state index in [9.17, 15) is 0 Å². The number of fused-ring (bicyclic) bond motifs is 1. The molecule has 0 atom stereocenters. The van der Waals surface area contributed by atoms with E-state index in [1.54, 1.807) is 0 Å². The Morgan fingerprint density at radius 3 is 2.57 bits per heavy atom. The van der Waals surface area contributed by atoms with Crippen LogP contribution in [-0.4, -0.2) is 9.55 Å². The highest BCUT2D eigenvalue weighted by atomic mass is 32.1. The third-order valence-corrected chi connectivity index (χ3v) is 4.14.